The molecule has 1 aromatic heterocycles. The molecule has 0 unspecified atom stereocenters. The lowest BCUT2D eigenvalue weighted by Crippen LogP contribution is -2.24. The van der Waals surface area contributed by atoms with Crippen molar-refractivity contribution in [1.29, 1.82) is 0 Å². The Morgan fingerprint density at radius 1 is 1.27 bits per heavy atom. The average Bonchev–Trinajstić information content (AvgIpc) is 2.27. The Balaban J connectivity index is 2.47. The highest BCUT2D eigenvalue weighted by Gasteiger charge is 2.15. The second-order valence-corrected chi connectivity index (χ2v) is 4.89. The zero-order chi connectivity index (χ0) is 11.3. The van der Waals surface area contributed by atoms with E-state index in [1.165, 1.54) is 18.5 Å². The molecule has 15 heavy (non-hydrogen) atoms. The van der Waals surface area contributed by atoms with Crippen LogP contribution in [0.25, 0.3) is 0 Å². The third kappa shape index (κ3) is 3.90. The Hall–Kier alpha value is -1.05. The molecule has 0 amide bonds. The molecular weight excluding hydrogens is 184 g/mol. The summed E-state index contributed by atoms with van der Waals surface area (Å²) in [6.45, 7) is 8.01. The van der Waals surface area contributed by atoms with Crippen LogP contribution in [0.5, 0.6) is 0 Å². The standard InChI is InChI=1S/C13H22N2/c1-5-13(2,3)8-11-15(4)12-6-9-14-10-7-12/h6-7,9-10H,5,8,11H2,1-4H3. The van der Waals surface area contributed by atoms with E-state index in [1.807, 2.05) is 12.4 Å². The number of rotatable bonds is 5. The summed E-state index contributed by atoms with van der Waals surface area (Å²) in [5, 5.41) is 0. The van der Waals surface area contributed by atoms with Crippen molar-refractivity contribution in [2.45, 2.75) is 33.6 Å². The van der Waals surface area contributed by atoms with Crippen LogP contribution in [0.1, 0.15) is 33.6 Å². The van der Waals surface area contributed by atoms with Crippen molar-refractivity contribution in [3.63, 3.8) is 0 Å². The topological polar surface area (TPSA) is 16.1 Å². The van der Waals surface area contributed by atoms with Crippen molar-refractivity contribution >= 4 is 5.69 Å². The molecule has 0 saturated carbocycles. The Labute approximate surface area is 93.3 Å². The summed E-state index contributed by atoms with van der Waals surface area (Å²) in [5.74, 6) is 0. The number of hydrogen-bond donors (Lipinski definition) is 0. The molecule has 0 aliphatic carbocycles. The molecule has 84 valence electrons. The molecule has 2 nitrogen and oxygen atoms in total. The van der Waals surface area contributed by atoms with Gasteiger partial charge in [0, 0.05) is 31.7 Å². The van der Waals surface area contributed by atoms with E-state index in [1.54, 1.807) is 0 Å². The summed E-state index contributed by atoms with van der Waals surface area (Å²) in [4.78, 5) is 6.32. The van der Waals surface area contributed by atoms with Gasteiger partial charge in [-0.1, -0.05) is 27.2 Å². The van der Waals surface area contributed by atoms with E-state index < -0.39 is 0 Å². The Morgan fingerprint density at radius 3 is 2.40 bits per heavy atom. The molecule has 0 aliphatic heterocycles. The molecule has 0 fully saturated rings. The molecular formula is C13H22N2. The SMILES string of the molecule is CCC(C)(C)CCN(C)c1ccncc1. The summed E-state index contributed by atoms with van der Waals surface area (Å²) in [6, 6.07) is 4.11. The molecule has 0 atom stereocenters. The van der Waals surface area contributed by atoms with Crippen molar-refractivity contribution in [3.05, 3.63) is 24.5 Å². The summed E-state index contributed by atoms with van der Waals surface area (Å²) >= 11 is 0. The maximum absolute atomic E-state index is 4.03. The highest BCUT2D eigenvalue weighted by atomic mass is 15.1. The van der Waals surface area contributed by atoms with Crippen molar-refractivity contribution in [3.8, 4) is 0 Å². The van der Waals surface area contributed by atoms with Crippen LogP contribution in [0.3, 0.4) is 0 Å². The van der Waals surface area contributed by atoms with Gasteiger partial charge in [0.05, 0.1) is 0 Å². The second-order valence-electron chi connectivity index (χ2n) is 4.89. The van der Waals surface area contributed by atoms with Crippen LogP contribution in [-0.4, -0.2) is 18.6 Å². The lowest BCUT2D eigenvalue weighted by atomic mass is 9.86. The van der Waals surface area contributed by atoms with Gasteiger partial charge in [-0.3, -0.25) is 4.98 Å². The van der Waals surface area contributed by atoms with E-state index in [9.17, 15) is 0 Å². The minimum Gasteiger partial charge on any atom is -0.374 e. The zero-order valence-corrected chi connectivity index (χ0v) is 10.3. The van der Waals surface area contributed by atoms with Crippen LogP contribution in [0, 0.1) is 5.41 Å². The second kappa shape index (κ2) is 5.15. The number of anilines is 1. The smallest absolute Gasteiger partial charge is 0.0394 e. The first-order chi connectivity index (χ1) is 7.05. The van der Waals surface area contributed by atoms with Crippen molar-refractivity contribution in [2.75, 3.05) is 18.5 Å². The van der Waals surface area contributed by atoms with Gasteiger partial charge in [0.2, 0.25) is 0 Å². The fourth-order valence-electron chi connectivity index (χ4n) is 1.37. The summed E-state index contributed by atoms with van der Waals surface area (Å²) in [6.07, 6.45) is 6.15. The van der Waals surface area contributed by atoms with E-state index in [0.717, 1.165) is 6.54 Å². The Kier molecular flexibility index (Phi) is 4.13. The largest absolute Gasteiger partial charge is 0.374 e. The summed E-state index contributed by atoms with van der Waals surface area (Å²) in [7, 11) is 2.14. The molecule has 0 radical (unpaired) electrons. The quantitative estimate of drug-likeness (QED) is 0.734. The Bertz CT molecular complexity index is 280. The molecule has 1 rings (SSSR count). The fraction of sp³-hybridized carbons (Fsp3) is 0.615. The van der Waals surface area contributed by atoms with E-state index in [2.05, 4.69) is 49.8 Å². The summed E-state index contributed by atoms with van der Waals surface area (Å²) < 4.78 is 0. The lowest BCUT2D eigenvalue weighted by Gasteiger charge is -2.27. The van der Waals surface area contributed by atoms with Crippen molar-refractivity contribution < 1.29 is 0 Å². The number of aromatic nitrogens is 1. The minimum atomic E-state index is 0.446. The van der Waals surface area contributed by atoms with Crippen LogP contribution < -0.4 is 4.90 Å². The maximum atomic E-state index is 4.03. The first-order valence-corrected chi connectivity index (χ1v) is 5.66. The molecule has 0 bridgehead atoms. The monoisotopic (exact) mass is 206 g/mol. The predicted molar refractivity (Wildman–Crippen MR) is 66.2 cm³/mol. The number of nitrogens with zero attached hydrogens (tertiary/aromatic N) is 2. The number of pyridine rings is 1. The van der Waals surface area contributed by atoms with Gasteiger partial charge in [0.1, 0.15) is 0 Å². The van der Waals surface area contributed by atoms with Gasteiger partial charge in [0.25, 0.3) is 0 Å². The van der Waals surface area contributed by atoms with Gasteiger partial charge in [-0.15, -0.1) is 0 Å². The molecule has 0 aromatic carbocycles. The molecule has 1 aromatic rings. The fourth-order valence-corrected chi connectivity index (χ4v) is 1.37. The van der Waals surface area contributed by atoms with Gasteiger partial charge in [-0.05, 0) is 24.0 Å². The molecule has 0 N–H and O–H groups in total. The first-order valence-electron chi connectivity index (χ1n) is 5.66. The third-order valence-corrected chi connectivity index (χ3v) is 3.18. The zero-order valence-electron chi connectivity index (χ0n) is 10.3. The highest BCUT2D eigenvalue weighted by molar-refractivity contribution is 5.43. The lowest BCUT2D eigenvalue weighted by molar-refractivity contribution is 0.326. The van der Waals surface area contributed by atoms with E-state index in [4.69, 9.17) is 0 Å². The van der Waals surface area contributed by atoms with E-state index in [-0.39, 0.29) is 0 Å². The molecule has 0 saturated heterocycles. The molecule has 2 heteroatoms. The van der Waals surface area contributed by atoms with Gasteiger partial charge in [0.15, 0.2) is 0 Å². The van der Waals surface area contributed by atoms with Crippen LogP contribution in [0.2, 0.25) is 0 Å². The predicted octanol–water partition coefficient (Wildman–Crippen LogP) is 3.34. The van der Waals surface area contributed by atoms with Crippen LogP contribution in [0.4, 0.5) is 5.69 Å². The molecule has 0 spiro atoms. The van der Waals surface area contributed by atoms with Crippen LogP contribution in [0.15, 0.2) is 24.5 Å². The van der Waals surface area contributed by atoms with Gasteiger partial charge in [-0.2, -0.15) is 0 Å². The van der Waals surface area contributed by atoms with Crippen molar-refractivity contribution in [2.24, 2.45) is 5.41 Å². The summed E-state index contributed by atoms with van der Waals surface area (Å²) in [5.41, 5.74) is 1.69. The maximum Gasteiger partial charge on any atom is 0.0394 e. The minimum absolute atomic E-state index is 0.446. The Morgan fingerprint density at radius 2 is 1.87 bits per heavy atom. The van der Waals surface area contributed by atoms with Gasteiger partial charge < -0.3 is 4.90 Å². The highest BCUT2D eigenvalue weighted by Crippen LogP contribution is 2.25. The van der Waals surface area contributed by atoms with E-state index >= 15 is 0 Å². The third-order valence-electron chi connectivity index (χ3n) is 3.18. The van der Waals surface area contributed by atoms with Gasteiger partial charge in [-0.25, -0.2) is 0 Å². The van der Waals surface area contributed by atoms with E-state index in [0.29, 0.717) is 5.41 Å². The van der Waals surface area contributed by atoms with Gasteiger partial charge >= 0.3 is 0 Å². The normalized spacial score (nSPS) is 11.5. The van der Waals surface area contributed by atoms with Crippen LogP contribution >= 0.6 is 0 Å². The molecule has 1 heterocycles. The first kappa shape index (κ1) is 12.0. The van der Waals surface area contributed by atoms with Crippen molar-refractivity contribution in [1.82, 2.24) is 4.98 Å². The number of hydrogen-bond acceptors (Lipinski definition) is 2. The average molecular weight is 206 g/mol. The molecule has 0 aliphatic rings. The van der Waals surface area contributed by atoms with Crippen LogP contribution in [-0.2, 0) is 0 Å².